The van der Waals surface area contributed by atoms with Gasteiger partial charge in [0.25, 0.3) is 0 Å². The molecule has 0 bridgehead atoms. The van der Waals surface area contributed by atoms with Crippen molar-refractivity contribution in [1.82, 2.24) is 5.32 Å². The summed E-state index contributed by atoms with van der Waals surface area (Å²) in [7, 11) is 1.71. The third kappa shape index (κ3) is 1.45. The van der Waals surface area contributed by atoms with Crippen LogP contribution in [-0.4, -0.2) is 19.5 Å². The Labute approximate surface area is 98.4 Å². The number of carbonyl (C=O) groups excluding carboxylic acids is 1. The van der Waals surface area contributed by atoms with Crippen LogP contribution in [0.25, 0.3) is 0 Å². The number of fused-ring (bicyclic) bond motifs is 1. The molecule has 1 amide bonds. The molecule has 1 aromatic carbocycles. The number of halogens is 1. The Balaban J connectivity index is 2.56. The van der Waals surface area contributed by atoms with E-state index < -0.39 is 6.04 Å². The first-order chi connectivity index (χ1) is 7.70. The Morgan fingerprint density at radius 3 is 3.00 bits per heavy atom. The van der Waals surface area contributed by atoms with E-state index in [0.29, 0.717) is 10.7 Å². The van der Waals surface area contributed by atoms with E-state index in [0.717, 1.165) is 5.56 Å². The lowest BCUT2D eigenvalue weighted by atomic mass is 10.1. The van der Waals surface area contributed by atoms with Crippen molar-refractivity contribution in [1.29, 1.82) is 5.26 Å². The van der Waals surface area contributed by atoms with Crippen LogP contribution in [0, 0.1) is 11.3 Å². The quantitative estimate of drug-likeness (QED) is 0.790. The van der Waals surface area contributed by atoms with Gasteiger partial charge in [-0.3, -0.25) is 9.69 Å². The molecule has 16 heavy (non-hydrogen) atoms. The molecule has 0 saturated heterocycles. The molecule has 2 rings (SSSR count). The van der Waals surface area contributed by atoms with E-state index in [9.17, 15) is 4.79 Å². The molecule has 1 unspecified atom stereocenters. The number of anilines is 1. The molecule has 1 aromatic rings. The molecular formula is C11H10ClN3O. The molecule has 82 valence electrons. The smallest absolute Gasteiger partial charge is 0.249 e. The number of nitrogens with one attached hydrogen (secondary N) is 1. The van der Waals surface area contributed by atoms with Crippen molar-refractivity contribution in [2.24, 2.45) is 0 Å². The number of hydrogen-bond acceptors (Lipinski definition) is 3. The van der Waals surface area contributed by atoms with Gasteiger partial charge in [-0.05, 0) is 13.1 Å². The third-order valence-electron chi connectivity index (χ3n) is 2.63. The normalized spacial score (nSPS) is 18.4. The average molecular weight is 236 g/mol. The Bertz CT molecular complexity index is 481. The van der Waals surface area contributed by atoms with Gasteiger partial charge in [0.1, 0.15) is 12.6 Å². The van der Waals surface area contributed by atoms with Crippen LogP contribution in [0.5, 0.6) is 0 Å². The van der Waals surface area contributed by atoms with Gasteiger partial charge in [-0.2, -0.15) is 5.26 Å². The van der Waals surface area contributed by atoms with E-state index in [1.165, 1.54) is 4.90 Å². The Morgan fingerprint density at radius 2 is 2.38 bits per heavy atom. The second-order valence-electron chi connectivity index (χ2n) is 3.48. The molecule has 0 aliphatic carbocycles. The summed E-state index contributed by atoms with van der Waals surface area (Å²) in [6.07, 6.45) is 0. The van der Waals surface area contributed by atoms with Gasteiger partial charge < -0.3 is 5.32 Å². The Morgan fingerprint density at radius 1 is 1.62 bits per heavy atom. The van der Waals surface area contributed by atoms with Crippen molar-refractivity contribution in [2.45, 2.75) is 6.04 Å². The van der Waals surface area contributed by atoms with Crippen molar-refractivity contribution in [3.8, 4) is 6.07 Å². The van der Waals surface area contributed by atoms with E-state index >= 15 is 0 Å². The number of carbonyl (C=O) groups is 1. The van der Waals surface area contributed by atoms with E-state index in [2.05, 4.69) is 5.32 Å². The fourth-order valence-corrected chi connectivity index (χ4v) is 2.24. The number of hydrogen-bond donors (Lipinski definition) is 1. The summed E-state index contributed by atoms with van der Waals surface area (Å²) in [6.45, 7) is 0.0216. The van der Waals surface area contributed by atoms with Crippen molar-refractivity contribution >= 4 is 23.2 Å². The van der Waals surface area contributed by atoms with Crippen LogP contribution in [-0.2, 0) is 4.79 Å². The van der Waals surface area contributed by atoms with Crippen LogP contribution >= 0.6 is 11.6 Å². The van der Waals surface area contributed by atoms with E-state index in [1.54, 1.807) is 19.2 Å². The lowest BCUT2D eigenvalue weighted by Crippen LogP contribution is -2.33. The number of amides is 1. The summed E-state index contributed by atoms with van der Waals surface area (Å²) >= 11 is 6.06. The molecule has 4 nitrogen and oxygen atoms in total. The molecule has 1 aliphatic rings. The van der Waals surface area contributed by atoms with Crippen LogP contribution < -0.4 is 10.2 Å². The van der Waals surface area contributed by atoms with Crippen LogP contribution in [0.4, 0.5) is 5.69 Å². The first kappa shape index (κ1) is 10.9. The summed E-state index contributed by atoms with van der Waals surface area (Å²) in [4.78, 5) is 13.4. The van der Waals surface area contributed by atoms with Gasteiger partial charge in [-0.25, -0.2) is 0 Å². The number of benzene rings is 1. The third-order valence-corrected chi connectivity index (χ3v) is 2.93. The molecule has 0 fully saturated rings. The lowest BCUT2D eigenvalue weighted by molar-refractivity contribution is -0.119. The first-order valence-electron chi connectivity index (χ1n) is 4.84. The highest BCUT2D eigenvalue weighted by atomic mass is 35.5. The van der Waals surface area contributed by atoms with Gasteiger partial charge in [0.2, 0.25) is 5.91 Å². The minimum Gasteiger partial charge on any atom is -0.305 e. The molecule has 1 heterocycles. The maximum Gasteiger partial charge on any atom is 0.249 e. The number of rotatable bonds is 2. The van der Waals surface area contributed by atoms with Gasteiger partial charge in [-0.15, -0.1) is 0 Å². The number of likely N-dealkylation sites (N-methyl/N-ethyl adjacent to an activating group) is 1. The maximum absolute atomic E-state index is 12.0. The van der Waals surface area contributed by atoms with Crippen molar-refractivity contribution in [2.75, 3.05) is 18.5 Å². The van der Waals surface area contributed by atoms with Crippen LogP contribution in [0.3, 0.4) is 0 Å². The highest BCUT2D eigenvalue weighted by molar-refractivity contribution is 6.34. The Hall–Kier alpha value is -1.57. The van der Waals surface area contributed by atoms with Gasteiger partial charge in [0.15, 0.2) is 0 Å². The average Bonchev–Trinajstić information content (AvgIpc) is 2.54. The van der Waals surface area contributed by atoms with Gasteiger partial charge in [0.05, 0.1) is 16.8 Å². The minimum absolute atomic E-state index is 0.0216. The second-order valence-corrected chi connectivity index (χ2v) is 3.89. The van der Waals surface area contributed by atoms with Crippen LogP contribution in [0.15, 0.2) is 18.2 Å². The zero-order valence-corrected chi connectivity index (χ0v) is 9.45. The zero-order chi connectivity index (χ0) is 11.7. The topological polar surface area (TPSA) is 56.1 Å². The fraction of sp³-hybridized carbons (Fsp3) is 0.273. The number of para-hydroxylation sites is 1. The van der Waals surface area contributed by atoms with Crippen molar-refractivity contribution < 1.29 is 4.79 Å². The molecule has 1 aliphatic heterocycles. The van der Waals surface area contributed by atoms with E-state index in [-0.39, 0.29) is 12.5 Å². The lowest BCUT2D eigenvalue weighted by Gasteiger charge is -2.14. The molecule has 0 radical (unpaired) electrons. The van der Waals surface area contributed by atoms with E-state index in [1.807, 2.05) is 12.1 Å². The largest absolute Gasteiger partial charge is 0.305 e. The summed E-state index contributed by atoms with van der Waals surface area (Å²) in [5, 5.41) is 12.1. The molecule has 1 N–H and O–H groups in total. The molecular weight excluding hydrogens is 226 g/mol. The predicted octanol–water partition coefficient (Wildman–Crippen LogP) is 1.47. The summed E-state index contributed by atoms with van der Waals surface area (Å²) in [5.41, 5.74) is 1.48. The molecule has 0 aromatic heterocycles. The molecule has 0 spiro atoms. The van der Waals surface area contributed by atoms with Gasteiger partial charge in [0, 0.05) is 5.56 Å². The van der Waals surface area contributed by atoms with Crippen molar-refractivity contribution in [3.05, 3.63) is 28.8 Å². The van der Waals surface area contributed by atoms with Gasteiger partial charge in [-0.1, -0.05) is 23.7 Å². The molecule has 0 saturated carbocycles. The summed E-state index contributed by atoms with van der Waals surface area (Å²) in [6, 6.07) is 6.93. The molecule has 1 atom stereocenters. The summed E-state index contributed by atoms with van der Waals surface area (Å²) < 4.78 is 0. The number of nitriles is 1. The number of nitrogens with zero attached hydrogens (tertiary/aromatic N) is 2. The summed E-state index contributed by atoms with van der Waals surface area (Å²) in [5.74, 6) is -0.132. The van der Waals surface area contributed by atoms with Crippen molar-refractivity contribution in [3.63, 3.8) is 0 Å². The van der Waals surface area contributed by atoms with Crippen LogP contribution in [0.1, 0.15) is 11.6 Å². The first-order valence-corrected chi connectivity index (χ1v) is 5.22. The second kappa shape index (κ2) is 4.12. The SMILES string of the molecule is CNC1C(=O)N(CC#N)c2c(Cl)cccc21. The highest BCUT2D eigenvalue weighted by Gasteiger charge is 2.37. The van der Waals surface area contributed by atoms with Gasteiger partial charge >= 0.3 is 0 Å². The minimum atomic E-state index is -0.401. The maximum atomic E-state index is 12.0. The highest BCUT2D eigenvalue weighted by Crippen LogP contribution is 2.40. The van der Waals surface area contributed by atoms with E-state index in [4.69, 9.17) is 16.9 Å². The fourth-order valence-electron chi connectivity index (χ4n) is 1.96. The zero-order valence-electron chi connectivity index (χ0n) is 8.70. The predicted molar refractivity (Wildman–Crippen MR) is 61.2 cm³/mol. The monoisotopic (exact) mass is 235 g/mol. The standard InChI is InChI=1S/C11H10ClN3O/c1-14-9-7-3-2-4-8(12)10(7)15(6-5-13)11(9)16/h2-4,9,14H,6H2,1H3. The molecule has 5 heteroatoms. The van der Waals surface area contributed by atoms with Crippen LogP contribution in [0.2, 0.25) is 5.02 Å². The Kier molecular flexibility index (Phi) is 2.82.